The zero-order valence-corrected chi connectivity index (χ0v) is 40.4. The Bertz CT molecular complexity index is 2850. The molecule has 2 nitrogen and oxygen atoms in total. The van der Waals surface area contributed by atoms with Gasteiger partial charge in [-0.2, -0.15) is 0 Å². The number of fused-ring (bicyclic) bond motifs is 3. The van der Waals surface area contributed by atoms with Crippen molar-refractivity contribution in [2.75, 3.05) is 4.90 Å². The highest BCUT2D eigenvalue weighted by molar-refractivity contribution is 6.12. The fraction of sp³-hybridized carbons (Fsp3) is 0.169. The molecular weight excluding hydrogens is 809 g/mol. The average molecular weight is 877 g/mol. The molecule has 2 heterocycles. The van der Waals surface area contributed by atoms with E-state index in [1.807, 2.05) is 107 Å². The van der Waals surface area contributed by atoms with Crippen LogP contribution < -0.4 is 4.90 Å². The van der Waals surface area contributed by atoms with Gasteiger partial charge in [-0.25, -0.2) is 0 Å². The van der Waals surface area contributed by atoms with E-state index >= 15 is 0 Å². The lowest BCUT2D eigenvalue weighted by molar-refractivity contribution is 0.776. The Morgan fingerprint density at radius 3 is 1.90 bits per heavy atom. The van der Waals surface area contributed by atoms with E-state index in [1.54, 1.807) is 0 Å². The summed E-state index contributed by atoms with van der Waals surface area (Å²) in [6.07, 6.45) is 40.7. The number of aryl methyl sites for hydroxylation is 1. The van der Waals surface area contributed by atoms with Crippen LogP contribution in [0, 0.1) is 12.8 Å². The number of anilines is 1. The summed E-state index contributed by atoms with van der Waals surface area (Å²) in [7, 11) is 0. The Labute approximate surface area is 402 Å². The molecule has 2 heteroatoms. The SMILES string of the molecule is C=C1/C=C\C=C/N(c2ccccc2)/C=C\C(c2ccc3c(c2)c2ccc(C4=CCCC=C4C4C=CC=CC4)cc2n3C2=CC=CCC2)=C/C1=C.CC.CC.Cc1ccccc1.c1ccccc1. The number of nitrogens with zero attached hydrogens (tertiary/aromatic N) is 2. The number of hydrogen-bond acceptors (Lipinski definition) is 1. The number of benzene rings is 5. The van der Waals surface area contributed by atoms with Crippen molar-refractivity contribution in [2.45, 2.75) is 66.7 Å². The summed E-state index contributed by atoms with van der Waals surface area (Å²) in [5, 5.41) is 2.52. The van der Waals surface area contributed by atoms with E-state index in [2.05, 4.69) is 182 Å². The van der Waals surface area contributed by atoms with Gasteiger partial charge < -0.3 is 9.47 Å². The quantitative estimate of drug-likeness (QED) is 0.168. The second-order valence-electron chi connectivity index (χ2n) is 16.2. The highest BCUT2D eigenvalue weighted by Crippen LogP contribution is 2.41. The topological polar surface area (TPSA) is 8.17 Å². The predicted octanol–water partition coefficient (Wildman–Crippen LogP) is 18.6. The number of para-hydroxylation sites is 1. The van der Waals surface area contributed by atoms with Gasteiger partial charge in [0.2, 0.25) is 0 Å². The number of aromatic nitrogens is 1. The van der Waals surface area contributed by atoms with E-state index in [4.69, 9.17) is 0 Å². The van der Waals surface area contributed by atoms with Gasteiger partial charge in [-0.05, 0) is 133 Å². The molecule has 0 amide bonds. The van der Waals surface area contributed by atoms with Crippen molar-refractivity contribution in [1.82, 2.24) is 4.57 Å². The minimum atomic E-state index is 0.430. The van der Waals surface area contributed by atoms with E-state index in [1.165, 1.54) is 49.8 Å². The summed E-state index contributed by atoms with van der Waals surface area (Å²) >= 11 is 0. The van der Waals surface area contributed by atoms with Gasteiger partial charge in [-0.3, -0.25) is 0 Å². The van der Waals surface area contributed by atoms with Gasteiger partial charge in [0.1, 0.15) is 0 Å². The predicted molar refractivity (Wildman–Crippen MR) is 297 cm³/mol. The van der Waals surface area contributed by atoms with E-state index in [9.17, 15) is 0 Å². The van der Waals surface area contributed by atoms with Crippen molar-refractivity contribution >= 4 is 44.3 Å². The van der Waals surface area contributed by atoms with E-state index in [-0.39, 0.29) is 0 Å². The highest BCUT2D eigenvalue weighted by atomic mass is 15.1. The molecule has 0 saturated heterocycles. The van der Waals surface area contributed by atoms with E-state index in [0.717, 1.165) is 60.1 Å². The van der Waals surface area contributed by atoms with Crippen molar-refractivity contribution in [3.63, 3.8) is 0 Å². The molecular formula is C65H68N2. The van der Waals surface area contributed by atoms with Crippen LogP contribution in [0.1, 0.15) is 76.5 Å². The van der Waals surface area contributed by atoms with Crippen LogP contribution in [0.15, 0.2) is 261 Å². The molecule has 1 aliphatic heterocycles. The summed E-state index contributed by atoms with van der Waals surface area (Å²) in [6.45, 7) is 18.8. The average Bonchev–Trinajstić information content (AvgIpc) is 3.72. The molecule has 10 rings (SSSR count). The van der Waals surface area contributed by atoms with Gasteiger partial charge in [0.25, 0.3) is 0 Å². The third-order valence-electron chi connectivity index (χ3n) is 11.7. The van der Waals surface area contributed by atoms with E-state index < -0.39 is 0 Å². The summed E-state index contributed by atoms with van der Waals surface area (Å²) in [5.41, 5.74) is 14.4. The fourth-order valence-electron chi connectivity index (χ4n) is 8.43. The summed E-state index contributed by atoms with van der Waals surface area (Å²) in [4.78, 5) is 2.14. The normalized spacial score (nSPS) is 18.5. The van der Waals surface area contributed by atoms with Gasteiger partial charge in [0, 0.05) is 40.5 Å². The maximum absolute atomic E-state index is 4.39. The largest absolute Gasteiger partial charge is 0.324 e. The highest BCUT2D eigenvalue weighted by Gasteiger charge is 2.22. The standard InChI is InChI=1S/C48H42N2.C7H8.C6H6.2C2H6/c1-35-16-14-15-30-49(41-19-8-4-9-20-41)31-29-39(32-36(35)2)38-26-28-47-46(33-38)45-27-25-40(34-48(45)50(47)42-21-10-5-11-22-42)44-24-13-12-23-43(44)37-17-6-3-7-18-37;1-7-5-3-2-4-6-7;1-2-4-6-5-3-1;2*1-2/h3-10,14-17,19-21,23-34,37H,1-2,11-13,18,22H2;2-6H,1H3;1-6H;2*1-2H3/b16-14-,30-15-,31-29-,39-32+;;;;. The number of allylic oxidation sites excluding steroid dienone is 20. The molecule has 3 aliphatic carbocycles. The minimum absolute atomic E-state index is 0.430. The maximum Gasteiger partial charge on any atom is 0.0544 e. The third-order valence-corrected chi connectivity index (χ3v) is 11.7. The van der Waals surface area contributed by atoms with Crippen LogP contribution in [0.2, 0.25) is 0 Å². The molecule has 0 saturated carbocycles. The molecule has 0 fully saturated rings. The lowest BCUT2D eigenvalue weighted by Crippen LogP contribution is -2.07. The first kappa shape index (κ1) is 49.0. The van der Waals surface area contributed by atoms with Gasteiger partial charge in [0.05, 0.1) is 11.0 Å². The van der Waals surface area contributed by atoms with Gasteiger partial charge >= 0.3 is 0 Å². The van der Waals surface area contributed by atoms with Crippen LogP contribution in [0.3, 0.4) is 0 Å². The van der Waals surface area contributed by atoms with Crippen LogP contribution in [0.25, 0.3) is 38.6 Å². The zero-order chi connectivity index (χ0) is 47.2. The van der Waals surface area contributed by atoms with Crippen molar-refractivity contribution in [1.29, 1.82) is 0 Å². The van der Waals surface area contributed by atoms with Crippen LogP contribution in [0.4, 0.5) is 5.69 Å². The molecule has 1 unspecified atom stereocenters. The van der Waals surface area contributed by atoms with Crippen LogP contribution in [0.5, 0.6) is 0 Å². The Morgan fingerprint density at radius 2 is 1.24 bits per heavy atom. The third kappa shape index (κ3) is 13.1. The zero-order valence-electron chi connectivity index (χ0n) is 40.4. The molecule has 5 aromatic carbocycles. The Kier molecular flexibility index (Phi) is 19.0. The van der Waals surface area contributed by atoms with Crippen LogP contribution in [-0.2, 0) is 0 Å². The molecule has 67 heavy (non-hydrogen) atoms. The fourth-order valence-corrected chi connectivity index (χ4v) is 8.43. The van der Waals surface area contributed by atoms with Gasteiger partial charge in [-0.1, -0.05) is 210 Å². The minimum Gasteiger partial charge on any atom is -0.324 e. The van der Waals surface area contributed by atoms with Gasteiger partial charge in [-0.15, -0.1) is 0 Å². The molecule has 338 valence electrons. The van der Waals surface area contributed by atoms with Crippen molar-refractivity contribution < 1.29 is 0 Å². The molecule has 0 spiro atoms. The summed E-state index contributed by atoms with van der Waals surface area (Å²) in [5.74, 6) is 0.430. The van der Waals surface area contributed by atoms with Crippen molar-refractivity contribution in [3.8, 4) is 0 Å². The maximum atomic E-state index is 4.39. The molecule has 0 radical (unpaired) electrons. The first-order valence-electron chi connectivity index (χ1n) is 24.2. The smallest absolute Gasteiger partial charge is 0.0544 e. The second kappa shape index (κ2) is 25.9. The monoisotopic (exact) mass is 877 g/mol. The Morgan fingerprint density at radius 1 is 0.552 bits per heavy atom. The van der Waals surface area contributed by atoms with Crippen molar-refractivity contribution in [3.05, 3.63) is 277 Å². The lowest BCUT2D eigenvalue weighted by Gasteiger charge is -2.24. The van der Waals surface area contributed by atoms with Crippen LogP contribution in [-0.4, -0.2) is 4.57 Å². The molecule has 4 aliphatic rings. The molecule has 0 bridgehead atoms. The van der Waals surface area contributed by atoms with E-state index in [0.29, 0.717) is 5.92 Å². The molecule has 6 aromatic rings. The first-order chi connectivity index (χ1) is 33.0. The molecule has 1 atom stereocenters. The molecule has 0 N–H and O–H groups in total. The van der Waals surface area contributed by atoms with Crippen molar-refractivity contribution in [2.24, 2.45) is 5.92 Å². The second-order valence-corrected chi connectivity index (χ2v) is 16.2. The number of hydrogen-bond donors (Lipinski definition) is 0. The molecule has 1 aromatic heterocycles. The first-order valence-corrected chi connectivity index (χ1v) is 24.2. The lowest BCUT2D eigenvalue weighted by atomic mass is 9.81. The number of rotatable bonds is 5. The van der Waals surface area contributed by atoms with Gasteiger partial charge in [0.15, 0.2) is 0 Å². The summed E-state index contributed by atoms with van der Waals surface area (Å²) in [6, 6.07) is 46.7. The van der Waals surface area contributed by atoms with Crippen LogP contribution >= 0.6 is 0 Å². The summed E-state index contributed by atoms with van der Waals surface area (Å²) < 4.78 is 2.51. The Balaban J connectivity index is 0.000000370. The Hall–Kier alpha value is -7.42.